The lowest BCUT2D eigenvalue weighted by molar-refractivity contribution is 0.130. The highest BCUT2D eigenvalue weighted by atomic mass is 16.6. The first-order valence-corrected chi connectivity index (χ1v) is 7.13. The maximum absolute atomic E-state index is 11.6. The molecule has 5 nitrogen and oxygen atoms in total. The fourth-order valence-corrected chi connectivity index (χ4v) is 2.22. The summed E-state index contributed by atoms with van der Waals surface area (Å²) in [4.78, 5) is 19.2. The van der Waals surface area contributed by atoms with Crippen LogP contribution in [0.2, 0.25) is 0 Å². The van der Waals surface area contributed by atoms with Gasteiger partial charge in [0.05, 0.1) is 18.0 Å². The molecule has 22 heavy (non-hydrogen) atoms. The number of ether oxygens (including phenoxy) is 1. The predicted molar refractivity (Wildman–Crippen MR) is 86.8 cm³/mol. The second kappa shape index (κ2) is 5.89. The Hall–Kier alpha value is -2.82. The smallest absolute Gasteiger partial charge is 0.411 e. The van der Waals surface area contributed by atoms with Gasteiger partial charge < -0.3 is 9.72 Å². The second-order valence-electron chi connectivity index (χ2n) is 5.29. The van der Waals surface area contributed by atoms with Gasteiger partial charge in [-0.15, -0.1) is 0 Å². The van der Waals surface area contributed by atoms with Crippen molar-refractivity contribution in [3.05, 3.63) is 48.7 Å². The van der Waals surface area contributed by atoms with Gasteiger partial charge in [0.2, 0.25) is 0 Å². The number of anilines is 1. The van der Waals surface area contributed by atoms with Crippen LogP contribution in [-0.4, -0.2) is 22.2 Å². The molecule has 0 radical (unpaired) electrons. The molecule has 1 amide bonds. The van der Waals surface area contributed by atoms with Crippen molar-refractivity contribution in [1.29, 1.82) is 0 Å². The van der Waals surface area contributed by atoms with Crippen molar-refractivity contribution >= 4 is 22.8 Å². The lowest BCUT2D eigenvalue weighted by Crippen LogP contribution is -2.17. The minimum Gasteiger partial charge on any atom is -0.447 e. The van der Waals surface area contributed by atoms with Crippen LogP contribution in [0.5, 0.6) is 0 Å². The summed E-state index contributed by atoms with van der Waals surface area (Å²) in [5.41, 5.74) is 3.47. The van der Waals surface area contributed by atoms with Gasteiger partial charge in [-0.05, 0) is 31.5 Å². The van der Waals surface area contributed by atoms with Gasteiger partial charge in [-0.25, -0.2) is 9.78 Å². The first-order chi connectivity index (χ1) is 10.6. The van der Waals surface area contributed by atoms with Crippen molar-refractivity contribution < 1.29 is 9.53 Å². The predicted octanol–water partition coefficient (Wildman–Crippen LogP) is 4.19. The molecule has 0 fully saturated rings. The molecule has 0 aliphatic rings. The van der Waals surface area contributed by atoms with E-state index in [4.69, 9.17) is 4.74 Å². The molecule has 0 spiro atoms. The molecule has 3 aromatic rings. The summed E-state index contributed by atoms with van der Waals surface area (Å²) in [5.74, 6) is 0. The van der Waals surface area contributed by atoms with E-state index in [1.165, 1.54) is 0 Å². The van der Waals surface area contributed by atoms with Gasteiger partial charge in [0.1, 0.15) is 5.65 Å². The van der Waals surface area contributed by atoms with E-state index in [0.29, 0.717) is 5.69 Å². The largest absolute Gasteiger partial charge is 0.447 e. The Morgan fingerprint density at radius 1 is 1.23 bits per heavy atom. The number of benzene rings is 1. The molecular formula is C17H17N3O2. The van der Waals surface area contributed by atoms with Crippen LogP contribution in [0, 0.1) is 0 Å². The summed E-state index contributed by atoms with van der Waals surface area (Å²) >= 11 is 0. The molecule has 0 atom stereocenters. The van der Waals surface area contributed by atoms with E-state index in [-0.39, 0.29) is 6.10 Å². The molecule has 0 aliphatic heterocycles. The number of hydrogen-bond donors (Lipinski definition) is 2. The number of fused-ring (bicyclic) bond motifs is 1. The van der Waals surface area contributed by atoms with Crippen LogP contribution in [0.1, 0.15) is 13.8 Å². The molecule has 2 aromatic heterocycles. The van der Waals surface area contributed by atoms with Crippen LogP contribution in [0.25, 0.3) is 22.3 Å². The Balaban J connectivity index is 1.86. The Morgan fingerprint density at radius 3 is 2.73 bits per heavy atom. The number of rotatable bonds is 3. The third-order valence-electron chi connectivity index (χ3n) is 3.14. The molecule has 0 unspecified atom stereocenters. The van der Waals surface area contributed by atoms with Crippen LogP contribution in [-0.2, 0) is 4.74 Å². The summed E-state index contributed by atoms with van der Waals surface area (Å²) < 4.78 is 5.06. The highest BCUT2D eigenvalue weighted by Gasteiger charge is 2.08. The van der Waals surface area contributed by atoms with E-state index in [9.17, 15) is 4.79 Å². The summed E-state index contributed by atoms with van der Waals surface area (Å²) in [6.07, 6.45) is 0.971. The normalized spacial score (nSPS) is 10.9. The van der Waals surface area contributed by atoms with Gasteiger partial charge in [0.25, 0.3) is 0 Å². The zero-order chi connectivity index (χ0) is 15.5. The Bertz CT molecular complexity index is 794. The molecule has 0 bridgehead atoms. The third kappa shape index (κ3) is 3.09. The maximum atomic E-state index is 11.6. The molecule has 2 N–H and O–H groups in total. The lowest BCUT2D eigenvalue weighted by Gasteiger charge is -2.08. The summed E-state index contributed by atoms with van der Waals surface area (Å²) in [6, 6.07) is 13.9. The van der Waals surface area contributed by atoms with Gasteiger partial charge in [-0.2, -0.15) is 0 Å². The first kappa shape index (κ1) is 14.1. The standard InChI is InChI=1S/C17H17N3O2/c1-11(2)22-17(21)19-14-8-13-9-15(20-16(13)18-10-14)12-6-4-3-5-7-12/h3-11H,1-2H3,(H,18,20)(H,19,21). The van der Waals surface area contributed by atoms with Gasteiger partial charge in [-0.1, -0.05) is 30.3 Å². The summed E-state index contributed by atoms with van der Waals surface area (Å²) in [6.45, 7) is 3.61. The van der Waals surface area contributed by atoms with E-state index in [1.54, 1.807) is 20.0 Å². The SMILES string of the molecule is CC(C)OC(=O)Nc1cnc2[nH]c(-c3ccccc3)cc2c1. The molecule has 0 saturated heterocycles. The number of amides is 1. The van der Waals surface area contributed by atoms with E-state index in [2.05, 4.69) is 15.3 Å². The van der Waals surface area contributed by atoms with Crippen molar-refractivity contribution in [2.24, 2.45) is 0 Å². The van der Waals surface area contributed by atoms with Gasteiger partial charge in [-0.3, -0.25) is 5.32 Å². The fraction of sp³-hybridized carbons (Fsp3) is 0.176. The van der Waals surface area contributed by atoms with Crippen LogP contribution in [0.3, 0.4) is 0 Å². The van der Waals surface area contributed by atoms with Crippen LogP contribution >= 0.6 is 0 Å². The number of pyridine rings is 1. The molecule has 3 rings (SSSR count). The maximum Gasteiger partial charge on any atom is 0.411 e. The lowest BCUT2D eigenvalue weighted by atomic mass is 10.1. The molecule has 1 aromatic carbocycles. The number of aromatic nitrogens is 2. The minimum absolute atomic E-state index is 0.159. The van der Waals surface area contributed by atoms with Crippen LogP contribution in [0.4, 0.5) is 10.5 Å². The van der Waals surface area contributed by atoms with E-state index in [1.807, 2.05) is 42.5 Å². The number of carbonyl (C=O) groups excluding carboxylic acids is 1. The first-order valence-electron chi connectivity index (χ1n) is 7.13. The van der Waals surface area contributed by atoms with Gasteiger partial charge in [0.15, 0.2) is 0 Å². The fourth-order valence-electron chi connectivity index (χ4n) is 2.22. The zero-order valence-electron chi connectivity index (χ0n) is 12.5. The van der Waals surface area contributed by atoms with Crippen molar-refractivity contribution in [3.63, 3.8) is 0 Å². The molecular weight excluding hydrogens is 278 g/mol. The van der Waals surface area contributed by atoms with Crippen LogP contribution < -0.4 is 5.32 Å². The molecule has 2 heterocycles. The number of H-pyrrole nitrogens is 1. The van der Waals surface area contributed by atoms with Crippen LogP contribution in [0.15, 0.2) is 48.7 Å². The third-order valence-corrected chi connectivity index (χ3v) is 3.14. The summed E-state index contributed by atoms with van der Waals surface area (Å²) in [7, 11) is 0. The Labute approximate surface area is 128 Å². The van der Waals surface area contributed by atoms with Gasteiger partial charge >= 0.3 is 6.09 Å². The molecule has 0 saturated carbocycles. The average Bonchev–Trinajstić information content (AvgIpc) is 2.90. The number of nitrogens with one attached hydrogen (secondary N) is 2. The number of aromatic amines is 1. The average molecular weight is 295 g/mol. The van der Waals surface area contributed by atoms with E-state index in [0.717, 1.165) is 22.3 Å². The number of carbonyl (C=O) groups is 1. The number of nitrogens with zero attached hydrogens (tertiary/aromatic N) is 1. The van der Waals surface area contributed by atoms with Crippen molar-refractivity contribution in [1.82, 2.24) is 9.97 Å². The minimum atomic E-state index is -0.477. The van der Waals surface area contributed by atoms with Crippen molar-refractivity contribution in [2.75, 3.05) is 5.32 Å². The highest BCUT2D eigenvalue weighted by molar-refractivity contribution is 5.90. The Morgan fingerprint density at radius 2 is 2.00 bits per heavy atom. The monoisotopic (exact) mass is 295 g/mol. The highest BCUT2D eigenvalue weighted by Crippen LogP contribution is 2.24. The molecule has 5 heteroatoms. The zero-order valence-corrected chi connectivity index (χ0v) is 12.5. The van der Waals surface area contributed by atoms with E-state index >= 15 is 0 Å². The Kier molecular flexibility index (Phi) is 3.78. The van der Waals surface area contributed by atoms with Gasteiger partial charge in [0, 0.05) is 11.1 Å². The van der Waals surface area contributed by atoms with E-state index < -0.39 is 6.09 Å². The molecule has 112 valence electrons. The topological polar surface area (TPSA) is 67.0 Å². The van der Waals surface area contributed by atoms with Crippen molar-refractivity contribution in [3.8, 4) is 11.3 Å². The van der Waals surface area contributed by atoms with Crippen molar-refractivity contribution in [2.45, 2.75) is 20.0 Å². The summed E-state index contributed by atoms with van der Waals surface area (Å²) in [5, 5.41) is 3.61. The quantitative estimate of drug-likeness (QED) is 0.761. The number of hydrogen-bond acceptors (Lipinski definition) is 3. The molecule has 0 aliphatic carbocycles. The second-order valence-corrected chi connectivity index (χ2v) is 5.29.